The molecule has 0 saturated carbocycles. The third-order valence-electron chi connectivity index (χ3n) is 5.28. The Morgan fingerprint density at radius 3 is 2.84 bits per heavy atom. The van der Waals surface area contributed by atoms with Crippen LogP contribution in [0, 0.1) is 5.92 Å². The molecule has 2 aromatic rings. The Bertz CT molecular complexity index is 908. The minimum Gasteiger partial charge on any atom is -0.491 e. The minimum absolute atomic E-state index is 0.0675. The first kappa shape index (κ1) is 22.6. The van der Waals surface area contributed by atoms with Crippen LogP contribution in [-0.4, -0.2) is 72.7 Å². The number of amides is 2. The van der Waals surface area contributed by atoms with Crippen molar-refractivity contribution in [3.05, 3.63) is 48.0 Å². The molecule has 166 valence electrons. The Balaban J connectivity index is 1.87. The van der Waals surface area contributed by atoms with E-state index in [0.29, 0.717) is 30.2 Å². The van der Waals surface area contributed by atoms with E-state index in [2.05, 4.69) is 27.5 Å². The van der Waals surface area contributed by atoms with Crippen molar-refractivity contribution in [3.8, 4) is 5.75 Å². The summed E-state index contributed by atoms with van der Waals surface area (Å²) in [5.74, 6) is 0.0687. The van der Waals surface area contributed by atoms with Gasteiger partial charge in [-0.1, -0.05) is 6.92 Å². The predicted molar refractivity (Wildman–Crippen MR) is 116 cm³/mol. The number of methoxy groups -OCH3 is 1. The molecule has 1 aromatic carbocycles. The molecule has 0 bridgehead atoms. The largest absolute Gasteiger partial charge is 0.491 e. The first-order chi connectivity index (χ1) is 14.9. The van der Waals surface area contributed by atoms with E-state index in [4.69, 9.17) is 9.47 Å². The van der Waals surface area contributed by atoms with Gasteiger partial charge in [0.05, 0.1) is 17.9 Å². The van der Waals surface area contributed by atoms with Crippen LogP contribution in [0.3, 0.4) is 0 Å². The second-order valence-electron chi connectivity index (χ2n) is 7.81. The summed E-state index contributed by atoms with van der Waals surface area (Å²) in [6.45, 7) is 5.69. The molecule has 2 N–H and O–H groups in total. The fraction of sp³-hybridized carbons (Fsp3) is 0.455. The topological polar surface area (TPSA) is 106 Å². The molecule has 1 aliphatic heterocycles. The zero-order valence-corrected chi connectivity index (χ0v) is 18.3. The van der Waals surface area contributed by atoms with Crippen LogP contribution in [0.25, 0.3) is 0 Å². The van der Waals surface area contributed by atoms with E-state index < -0.39 is 5.91 Å². The van der Waals surface area contributed by atoms with Crippen molar-refractivity contribution in [1.29, 1.82) is 0 Å². The van der Waals surface area contributed by atoms with Gasteiger partial charge in [-0.15, -0.1) is 0 Å². The lowest BCUT2D eigenvalue weighted by Crippen LogP contribution is -2.44. The van der Waals surface area contributed by atoms with Crippen LogP contribution in [0.5, 0.6) is 5.75 Å². The predicted octanol–water partition coefficient (Wildman–Crippen LogP) is 1.82. The van der Waals surface area contributed by atoms with E-state index in [1.165, 1.54) is 18.6 Å². The van der Waals surface area contributed by atoms with Crippen molar-refractivity contribution >= 4 is 17.5 Å². The molecule has 0 radical (unpaired) electrons. The van der Waals surface area contributed by atoms with Gasteiger partial charge in [0, 0.05) is 57.4 Å². The second kappa shape index (κ2) is 10.3. The highest BCUT2D eigenvalue weighted by Gasteiger charge is 2.25. The van der Waals surface area contributed by atoms with Gasteiger partial charge in [-0.3, -0.25) is 14.6 Å². The third-order valence-corrected chi connectivity index (χ3v) is 5.28. The van der Waals surface area contributed by atoms with E-state index in [1.807, 2.05) is 6.92 Å². The Morgan fingerprint density at radius 1 is 1.32 bits per heavy atom. The zero-order valence-electron chi connectivity index (χ0n) is 18.3. The quantitative estimate of drug-likeness (QED) is 0.770. The summed E-state index contributed by atoms with van der Waals surface area (Å²) >= 11 is 0. The third kappa shape index (κ3) is 5.77. The first-order valence-electron chi connectivity index (χ1n) is 10.2. The number of benzene rings is 1. The fourth-order valence-corrected chi connectivity index (χ4v) is 3.35. The molecule has 0 fully saturated rings. The van der Waals surface area contributed by atoms with E-state index >= 15 is 0 Å². The monoisotopic (exact) mass is 427 g/mol. The maximum Gasteiger partial charge on any atom is 0.275 e. The average molecular weight is 428 g/mol. The number of anilines is 1. The van der Waals surface area contributed by atoms with Crippen molar-refractivity contribution in [2.45, 2.75) is 26.0 Å². The standard InChI is InChI=1S/C22H29N5O4/c1-14-10-25-15(2)13-31-19-9-16(26-21(28)18-11-23-7-8-24-18)5-6-17(19)22(29)27(3)12-20(14)30-4/h5-9,11,14-15,20,25H,10,12-13H2,1-4H3,(H,26,28)/t14-,15+,20-/m0/s1. The van der Waals surface area contributed by atoms with Crippen LogP contribution < -0.4 is 15.4 Å². The van der Waals surface area contributed by atoms with Crippen LogP contribution in [0.2, 0.25) is 0 Å². The summed E-state index contributed by atoms with van der Waals surface area (Å²) in [5.41, 5.74) is 1.13. The summed E-state index contributed by atoms with van der Waals surface area (Å²) in [6, 6.07) is 5.06. The number of nitrogens with zero attached hydrogens (tertiary/aromatic N) is 3. The molecule has 0 saturated heterocycles. The number of fused-ring (bicyclic) bond motifs is 1. The van der Waals surface area contributed by atoms with Gasteiger partial charge in [0.15, 0.2) is 0 Å². The molecule has 2 heterocycles. The van der Waals surface area contributed by atoms with E-state index in [1.54, 1.807) is 37.3 Å². The van der Waals surface area contributed by atoms with Crippen molar-refractivity contribution in [1.82, 2.24) is 20.2 Å². The molecular formula is C22H29N5O4. The van der Waals surface area contributed by atoms with E-state index in [-0.39, 0.29) is 29.7 Å². The number of likely N-dealkylation sites (N-methyl/N-ethyl adjacent to an activating group) is 1. The van der Waals surface area contributed by atoms with Gasteiger partial charge >= 0.3 is 0 Å². The van der Waals surface area contributed by atoms with Crippen molar-refractivity contribution < 1.29 is 19.1 Å². The van der Waals surface area contributed by atoms with Gasteiger partial charge in [0.25, 0.3) is 11.8 Å². The number of hydrogen-bond donors (Lipinski definition) is 2. The minimum atomic E-state index is -0.392. The van der Waals surface area contributed by atoms with E-state index in [9.17, 15) is 9.59 Å². The van der Waals surface area contributed by atoms with Crippen molar-refractivity contribution in [2.75, 3.05) is 39.2 Å². The number of ether oxygens (including phenoxy) is 2. The molecule has 0 spiro atoms. The molecule has 3 rings (SSSR count). The zero-order chi connectivity index (χ0) is 22.4. The van der Waals surface area contributed by atoms with Crippen LogP contribution in [0.4, 0.5) is 5.69 Å². The fourth-order valence-electron chi connectivity index (χ4n) is 3.35. The SMILES string of the molecule is CO[C@H]1CN(C)C(=O)c2ccc(NC(=O)c3cnccn3)cc2OC[C@@H](C)NC[C@@H]1C. The van der Waals surface area contributed by atoms with Crippen molar-refractivity contribution in [3.63, 3.8) is 0 Å². The highest BCUT2D eigenvalue weighted by molar-refractivity contribution is 6.03. The first-order valence-corrected chi connectivity index (χ1v) is 10.2. The summed E-state index contributed by atoms with van der Waals surface area (Å²) in [6.07, 6.45) is 4.24. The van der Waals surface area contributed by atoms with Crippen molar-refractivity contribution in [2.24, 2.45) is 5.92 Å². The Kier molecular flexibility index (Phi) is 7.54. The smallest absolute Gasteiger partial charge is 0.275 e. The van der Waals surface area contributed by atoms with Gasteiger partial charge in [-0.2, -0.15) is 0 Å². The number of carbonyl (C=O) groups is 2. The lowest BCUT2D eigenvalue weighted by molar-refractivity contribution is 0.0281. The van der Waals surface area contributed by atoms with Gasteiger partial charge in [-0.25, -0.2) is 4.98 Å². The van der Waals surface area contributed by atoms with Crippen LogP contribution in [0.1, 0.15) is 34.7 Å². The average Bonchev–Trinajstić information content (AvgIpc) is 2.79. The molecule has 2 amide bonds. The number of nitrogens with one attached hydrogen (secondary N) is 2. The molecule has 1 aromatic heterocycles. The Labute approximate surface area is 182 Å². The molecule has 0 unspecified atom stereocenters. The maximum atomic E-state index is 13.1. The highest BCUT2D eigenvalue weighted by Crippen LogP contribution is 2.26. The number of rotatable bonds is 3. The molecule has 3 atom stereocenters. The van der Waals surface area contributed by atoms with Gasteiger partial charge in [-0.05, 0) is 25.0 Å². The second-order valence-corrected chi connectivity index (χ2v) is 7.81. The Hall–Kier alpha value is -3.04. The molecule has 9 heteroatoms. The molecular weight excluding hydrogens is 398 g/mol. The number of aromatic nitrogens is 2. The normalized spacial score (nSPS) is 22.5. The highest BCUT2D eigenvalue weighted by atomic mass is 16.5. The molecule has 1 aliphatic rings. The van der Waals surface area contributed by atoms with Crippen LogP contribution >= 0.6 is 0 Å². The van der Waals surface area contributed by atoms with Crippen LogP contribution in [-0.2, 0) is 4.74 Å². The molecule has 9 nitrogen and oxygen atoms in total. The lowest BCUT2D eigenvalue weighted by Gasteiger charge is -2.30. The van der Waals surface area contributed by atoms with Gasteiger partial charge in [0.1, 0.15) is 18.1 Å². The number of carbonyl (C=O) groups excluding carboxylic acids is 2. The maximum absolute atomic E-state index is 13.1. The summed E-state index contributed by atoms with van der Waals surface area (Å²) in [7, 11) is 3.41. The van der Waals surface area contributed by atoms with Gasteiger partial charge < -0.3 is 25.0 Å². The number of hydrogen-bond acceptors (Lipinski definition) is 7. The van der Waals surface area contributed by atoms with E-state index in [0.717, 1.165) is 6.54 Å². The molecule has 31 heavy (non-hydrogen) atoms. The van der Waals surface area contributed by atoms with Gasteiger partial charge in [0.2, 0.25) is 0 Å². The van der Waals surface area contributed by atoms with Crippen LogP contribution in [0.15, 0.2) is 36.8 Å². The summed E-state index contributed by atoms with van der Waals surface area (Å²) < 4.78 is 11.6. The lowest BCUT2D eigenvalue weighted by atomic mass is 10.0. The Morgan fingerprint density at radius 2 is 2.13 bits per heavy atom. The summed E-state index contributed by atoms with van der Waals surface area (Å²) in [5, 5.41) is 6.22. The molecule has 0 aliphatic carbocycles. The summed E-state index contributed by atoms with van der Waals surface area (Å²) in [4.78, 5) is 35.1.